The van der Waals surface area contributed by atoms with Gasteiger partial charge in [-0.15, -0.1) is 21.5 Å². The first-order valence-corrected chi connectivity index (χ1v) is 6.42. The van der Waals surface area contributed by atoms with Crippen LogP contribution in [0.15, 0.2) is 21.8 Å². The molecule has 0 aliphatic heterocycles. The molecule has 0 saturated carbocycles. The van der Waals surface area contributed by atoms with Crippen molar-refractivity contribution in [3.8, 4) is 16.8 Å². The zero-order chi connectivity index (χ0) is 11.5. The highest BCUT2D eigenvalue weighted by Crippen LogP contribution is 2.32. The van der Waals surface area contributed by atoms with Crippen LogP contribution < -0.4 is 0 Å². The average Bonchev–Trinajstić information content (AvgIpc) is 2.87. The summed E-state index contributed by atoms with van der Waals surface area (Å²) in [7, 11) is 0. The molecule has 2 heterocycles. The van der Waals surface area contributed by atoms with E-state index in [2.05, 4.69) is 16.3 Å². The van der Waals surface area contributed by atoms with Crippen LogP contribution in [0.1, 0.15) is 6.92 Å². The quantitative estimate of drug-likeness (QED) is 0.800. The van der Waals surface area contributed by atoms with Crippen molar-refractivity contribution >= 4 is 34.7 Å². The molecule has 7 heteroatoms. The molecule has 4 nitrogen and oxygen atoms in total. The van der Waals surface area contributed by atoms with Crippen molar-refractivity contribution in [1.82, 2.24) is 10.2 Å². The summed E-state index contributed by atoms with van der Waals surface area (Å²) in [6.45, 7) is 1.77. The zero-order valence-electron chi connectivity index (χ0n) is 8.18. The summed E-state index contributed by atoms with van der Waals surface area (Å²) in [4.78, 5) is 0.828. The van der Waals surface area contributed by atoms with Crippen molar-refractivity contribution in [3.63, 3.8) is 0 Å². The van der Waals surface area contributed by atoms with Crippen LogP contribution >= 0.6 is 34.7 Å². The molecule has 0 aliphatic rings. The Hall–Kier alpha value is -1.03. The second kappa shape index (κ2) is 4.87. The lowest BCUT2D eigenvalue weighted by Crippen LogP contribution is -1.88. The molecular formula is C9H6ClN3OS2. The van der Waals surface area contributed by atoms with Crippen LogP contribution in [0.4, 0.5) is 0 Å². The first-order valence-electron chi connectivity index (χ1n) is 4.34. The van der Waals surface area contributed by atoms with Crippen LogP contribution in [0.2, 0.25) is 4.34 Å². The van der Waals surface area contributed by atoms with Gasteiger partial charge in [0.2, 0.25) is 0 Å². The highest BCUT2D eigenvalue weighted by atomic mass is 35.5. The Morgan fingerprint density at radius 1 is 1.56 bits per heavy atom. The lowest BCUT2D eigenvalue weighted by atomic mass is 10.5. The number of hydrogen-bond donors (Lipinski definition) is 0. The molecule has 0 aromatic carbocycles. The predicted molar refractivity (Wildman–Crippen MR) is 63.6 cm³/mol. The maximum Gasteiger partial charge on any atom is 0.278 e. The lowest BCUT2D eigenvalue weighted by Gasteiger charge is -1.93. The fourth-order valence-electron chi connectivity index (χ4n) is 0.964. The predicted octanol–water partition coefficient (Wildman–Crippen LogP) is 3.46. The molecule has 0 spiro atoms. The minimum atomic E-state index is -0.208. The molecule has 2 rings (SSSR count). The third kappa shape index (κ3) is 2.55. The summed E-state index contributed by atoms with van der Waals surface area (Å²) in [5.41, 5.74) is 0. The standard InChI is InChI=1S/C9H6ClN3OS2/c1-5(4-11)15-9-13-12-8(14-9)6-2-3-7(10)16-6/h2-3,5H,1H3. The van der Waals surface area contributed by atoms with Gasteiger partial charge in [0.05, 0.1) is 20.5 Å². The van der Waals surface area contributed by atoms with E-state index < -0.39 is 0 Å². The van der Waals surface area contributed by atoms with Gasteiger partial charge in [-0.05, 0) is 30.8 Å². The van der Waals surface area contributed by atoms with Gasteiger partial charge in [-0.2, -0.15) is 5.26 Å². The summed E-state index contributed by atoms with van der Waals surface area (Å²) in [5.74, 6) is 0.435. The first kappa shape index (κ1) is 11.5. The van der Waals surface area contributed by atoms with Crippen LogP contribution in [0.25, 0.3) is 10.8 Å². The second-order valence-corrected chi connectivity index (χ2v) is 5.87. The number of nitriles is 1. The van der Waals surface area contributed by atoms with Crippen molar-refractivity contribution < 1.29 is 4.42 Å². The van der Waals surface area contributed by atoms with E-state index in [-0.39, 0.29) is 5.25 Å². The molecule has 0 N–H and O–H groups in total. The summed E-state index contributed by atoms with van der Waals surface area (Å²) in [6, 6.07) is 5.68. The van der Waals surface area contributed by atoms with E-state index in [0.29, 0.717) is 15.4 Å². The molecule has 2 aromatic rings. The van der Waals surface area contributed by atoms with Crippen molar-refractivity contribution in [2.45, 2.75) is 17.4 Å². The first-order chi connectivity index (χ1) is 7.69. The summed E-state index contributed by atoms with van der Waals surface area (Å²) < 4.78 is 6.07. The average molecular weight is 272 g/mol. The van der Waals surface area contributed by atoms with Gasteiger partial charge in [0, 0.05) is 0 Å². The van der Waals surface area contributed by atoms with Gasteiger partial charge in [-0.1, -0.05) is 11.6 Å². The Kier molecular flexibility index (Phi) is 3.49. The van der Waals surface area contributed by atoms with Gasteiger partial charge in [0.1, 0.15) is 0 Å². The van der Waals surface area contributed by atoms with Gasteiger partial charge >= 0.3 is 0 Å². The van der Waals surface area contributed by atoms with Crippen molar-refractivity contribution in [2.75, 3.05) is 0 Å². The number of halogens is 1. The van der Waals surface area contributed by atoms with E-state index in [1.54, 1.807) is 13.0 Å². The third-order valence-electron chi connectivity index (χ3n) is 1.65. The molecule has 0 aliphatic carbocycles. The highest BCUT2D eigenvalue weighted by Gasteiger charge is 2.13. The number of thiophene rings is 1. The van der Waals surface area contributed by atoms with Crippen LogP contribution in [-0.4, -0.2) is 15.4 Å². The van der Waals surface area contributed by atoms with Crippen LogP contribution in [0.3, 0.4) is 0 Å². The van der Waals surface area contributed by atoms with Crippen molar-refractivity contribution in [3.05, 3.63) is 16.5 Å². The normalized spacial score (nSPS) is 12.3. The van der Waals surface area contributed by atoms with Gasteiger partial charge in [0.15, 0.2) is 0 Å². The second-order valence-electron chi connectivity index (χ2n) is 2.87. The van der Waals surface area contributed by atoms with E-state index in [4.69, 9.17) is 21.3 Å². The molecule has 1 atom stereocenters. The Labute approximate surface area is 105 Å². The fourth-order valence-corrected chi connectivity index (χ4v) is 2.50. The smallest absolute Gasteiger partial charge is 0.278 e. The molecule has 82 valence electrons. The third-order valence-corrected chi connectivity index (χ3v) is 3.69. The Morgan fingerprint density at radius 3 is 3.00 bits per heavy atom. The number of aromatic nitrogens is 2. The molecule has 0 saturated heterocycles. The Balaban J connectivity index is 2.17. The van der Waals surface area contributed by atoms with E-state index >= 15 is 0 Å². The molecule has 1 unspecified atom stereocenters. The maximum absolute atomic E-state index is 8.65. The van der Waals surface area contributed by atoms with Crippen LogP contribution in [-0.2, 0) is 0 Å². The molecular weight excluding hydrogens is 266 g/mol. The van der Waals surface area contributed by atoms with Gasteiger partial charge in [0.25, 0.3) is 11.1 Å². The van der Waals surface area contributed by atoms with E-state index in [0.717, 1.165) is 4.88 Å². The van der Waals surface area contributed by atoms with E-state index in [1.807, 2.05) is 6.07 Å². The monoisotopic (exact) mass is 271 g/mol. The Morgan fingerprint density at radius 2 is 2.38 bits per heavy atom. The molecule has 16 heavy (non-hydrogen) atoms. The number of hydrogen-bond acceptors (Lipinski definition) is 6. The maximum atomic E-state index is 8.65. The number of nitrogens with zero attached hydrogens (tertiary/aromatic N) is 3. The lowest BCUT2D eigenvalue weighted by molar-refractivity contribution is 0.466. The molecule has 0 radical (unpaired) electrons. The van der Waals surface area contributed by atoms with Crippen LogP contribution in [0.5, 0.6) is 0 Å². The zero-order valence-corrected chi connectivity index (χ0v) is 10.6. The summed E-state index contributed by atoms with van der Waals surface area (Å²) >= 11 is 8.41. The minimum Gasteiger partial charge on any atom is -0.410 e. The van der Waals surface area contributed by atoms with E-state index in [9.17, 15) is 0 Å². The van der Waals surface area contributed by atoms with Gasteiger partial charge in [-0.3, -0.25) is 0 Å². The molecule has 2 aromatic heterocycles. The topological polar surface area (TPSA) is 62.7 Å². The van der Waals surface area contributed by atoms with Crippen molar-refractivity contribution in [1.29, 1.82) is 5.26 Å². The number of thioether (sulfide) groups is 1. The largest absolute Gasteiger partial charge is 0.410 e. The SMILES string of the molecule is CC(C#N)Sc1nnc(-c2ccc(Cl)s2)o1. The van der Waals surface area contributed by atoms with Crippen molar-refractivity contribution in [2.24, 2.45) is 0 Å². The van der Waals surface area contributed by atoms with Gasteiger partial charge in [-0.25, -0.2) is 0 Å². The van der Waals surface area contributed by atoms with E-state index in [1.165, 1.54) is 23.1 Å². The molecule has 0 bridgehead atoms. The molecule has 0 fully saturated rings. The molecule has 0 amide bonds. The minimum absolute atomic E-state index is 0.208. The summed E-state index contributed by atoms with van der Waals surface area (Å²) in [6.07, 6.45) is 0. The fraction of sp³-hybridized carbons (Fsp3) is 0.222. The van der Waals surface area contributed by atoms with Gasteiger partial charge < -0.3 is 4.42 Å². The summed E-state index contributed by atoms with van der Waals surface area (Å²) in [5, 5.41) is 16.6. The highest BCUT2D eigenvalue weighted by molar-refractivity contribution is 7.99. The number of rotatable bonds is 3. The van der Waals surface area contributed by atoms with Crippen LogP contribution in [0, 0.1) is 11.3 Å². The Bertz CT molecular complexity index is 531.